The molecule has 0 spiro atoms. The Morgan fingerprint density at radius 1 is 1.12 bits per heavy atom. The first-order chi connectivity index (χ1) is 15.8. The molecule has 0 atom stereocenters. The lowest BCUT2D eigenvalue weighted by Gasteiger charge is -2.27. The second-order valence-electron chi connectivity index (χ2n) is 9.49. The summed E-state index contributed by atoms with van der Waals surface area (Å²) >= 11 is 1.80. The van der Waals surface area contributed by atoms with Crippen LogP contribution in [0.1, 0.15) is 38.4 Å². The van der Waals surface area contributed by atoms with Crippen molar-refractivity contribution < 1.29 is 4.74 Å². The Morgan fingerprint density at radius 2 is 1.91 bits per heavy atom. The summed E-state index contributed by atoms with van der Waals surface area (Å²) in [7, 11) is 0. The number of thioether (sulfide) groups is 1. The van der Waals surface area contributed by atoms with Crippen molar-refractivity contribution in [1.82, 2.24) is 30.4 Å². The molecule has 3 N–H and O–H groups in total. The van der Waals surface area contributed by atoms with E-state index in [4.69, 9.17) is 4.74 Å². The van der Waals surface area contributed by atoms with E-state index >= 15 is 0 Å². The van der Waals surface area contributed by atoms with E-state index in [-0.39, 0.29) is 4.75 Å². The van der Waals surface area contributed by atoms with Crippen molar-refractivity contribution in [2.75, 3.05) is 44.6 Å². The quantitative estimate of drug-likeness (QED) is 0.333. The molecule has 1 fully saturated rings. The SMILES string of the molecule is Cc1[nH]nc(Nc2ncnc3cc(OCCCN4CCNCC4)c(SC(C)(C)C)cc23)c1C. The van der Waals surface area contributed by atoms with Crippen molar-refractivity contribution in [3.05, 3.63) is 29.7 Å². The van der Waals surface area contributed by atoms with E-state index in [0.29, 0.717) is 6.61 Å². The standard InChI is InChI=1S/C24H35N7OS/c1-16-17(2)29-30-22(16)28-23-18-13-21(33-24(3,4)5)20(14-19(18)26-15-27-23)32-12-6-9-31-10-7-25-8-11-31/h13-15,25H,6-12H2,1-5H3,(H2,26,27,28,29,30). The molecule has 0 saturated carbocycles. The van der Waals surface area contributed by atoms with E-state index in [2.05, 4.69) is 62.5 Å². The molecule has 2 aromatic heterocycles. The first kappa shape index (κ1) is 23.8. The Labute approximate surface area is 200 Å². The second-order valence-corrected chi connectivity index (χ2v) is 11.4. The zero-order valence-electron chi connectivity index (χ0n) is 20.3. The van der Waals surface area contributed by atoms with Crippen molar-refractivity contribution >= 4 is 34.3 Å². The number of H-pyrrole nitrogens is 1. The van der Waals surface area contributed by atoms with E-state index in [1.807, 2.05) is 19.9 Å². The summed E-state index contributed by atoms with van der Waals surface area (Å²) < 4.78 is 6.35. The second kappa shape index (κ2) is 10.3. The van der Waals surface area contributed by atoms with Gasteiger partial charge in [-0.3, -0.25) is 5.10 Å². The van der Waals surface area contributed by atoms with Gasteiger partial charge in [0.1, 0.15) is 17.9 Å². The first-order valence-electron chi connectivity index (χ1n) is 11.6. The van der Waals surface area contributed by atoms with Crippen molar-refractivity contribution in [2.45, 2.75) is 50.7 Å². The molecule has 1 saturated heterocycles. The van der Waals surface area contributed by atoms with Gasteiger partial charge in [-0.2, -0.15) is 5.10 Å². The van der Waals surface area contributed by atoms with Crippen LogP contribution < -0.4 is 15.4 Å². The molecule has 3 heterocycles. The third-order valence-corrected chi connectivity index (χ3v) is 6.84. The number of benzene rings is 1. The van der Waals surface area contributed by atoms with E-state index in [0.717, 1.165) is 83.6 Å². The number of anilines is 2. The fraction of sp³-hybridized carbons (Fsp3) is 0.542. The molecule has 0 aliphatic carbocycles. The third-order valence-electron chi connectivity index (χ3n) is 5.69. The minimum atomic E-state index is 0.0473. The number of rotatable bonds is 8. The van der Waals surface area contributed by atoms with Crippen LogP contribution in [0.25, 0.3) is 10.9 Å². The number of aryl methyl sites for hydroxylation is 1. The summed E-state index contributed by atoms with van der Waals surface area (Å²) in [6.45, 7) is 16.8. The first-order valence-corrected chi connectivity index (χ1v) is 12.4. The van der Waals surface area contributed by atoms with Gasteiger partial charge < -0.3 is 20.3 Å². The summed E-state index contributed by atoms with van der Waals surface area (Å²) in [5.41, 5.74) is 2.97. The molecule has 8 nitrogen and oxygen atoms in total. The predicted molar refractivity (Wildman–Crippen MR) is 136 cm³/mol. The van der Waals surface area contributed by atoms with Crippen molar-refractivity contribution in [3.8, 4) is 5.75 Å². The number of hydrogen-bond donors (Lipinski definition) is 3. The zero-order chi connectivity index (χ0) is 23.4. The normalized spacial score (nSPS) is 15.2. The minimum Gasteiger partial charge on any atom is -0.492 e. The monoisotopic (exact) mass is 469 g/mol. The topological polar surface area (TPSA) is 91.0 Å². The van der Waals surface area contributed by atoms with Crippen LogP contribution >= 0.6 is 11.8 Å². The maximum atomic E-state index is 6.30. The van der Waals surface area contributed by atoms with Crippen LogP contribution in [0.4, 0.5) is 11.6 Å². The van der Waals surface area contributed by atoms with Crippen LogP contribution in [0, 0.1) is 13.8 Å². The van der Waals surface area contributed by atoms with Gasteiger partial charge in [-0.1, -0.05) is 20.8 Å². The van der Waals surface area contributed by atoms with Gasteiger partial charge in [0.2, 0.25) is 0 Å². The molecule has 9 heteroatoms. The maximum Gasteiger partial charge on any atom is 0.156 e. The average Bonchev–Trinajstić information content (AvgIpc) is 3.09. The summed E-state index contributed by atoms with van der Waals surface area (Å²) in [5.74, 6) is 2.42. The number of aromatic amines is 1. The summed E-state index contributed by atoms with van der Waals surface area (Å²) in [5, 5.41) is 15.1. The number of fused-ring (bicyclic) bond motifs is 1. The predicted octanol–water partition coefficient (Wildman–Crippen LogP) is 4.28. The van der Waals surface area contributed by atoms with Crippen LogP contribution in [0.15, 0.2) is 23.4 Å². The lowest BCUT2D eigenvalue weighted by Crippen LogP contribution is -2.43. The molecule has 33 heavy (non-hydrogen) atoms. The van der Waals surface area contributed by atoms with Crippen LogP contribution in [-0.4, -0.2) is 69.1 Å². The summed E-state index contributed by atoms with van der Waals surface area (Å²) in [6, 6.07) is 4.19. The van der Waals surface area contributed by atoms with E-state index < -0.39 is 0 Å². The van der Waals surface area contributed by atoms with Crippen LogP contribution in [-0.2, 0) is 0 Å². The summed E-state index contributed by atoms with van der Waals surface area (Å²) in [4.78, 5) is 12.6. The molecular weight excluding hydrogens is 434 g/mol. The Hall–Kier alpha value is -2.36. The smallest absolute Gasteiger partial charge is 0.156 e. The molecular formula is C24H35N7OS. The van der Waals surface area contributed by atoms with Gasteiger partial charge in [-0.15, -0.1) is 11.8 Å². The van der Waals surface area contributed by atoms with Crippen LogP contribution in [0.3, 0.4) is 0 Å². The number of nitrogens with one attached hydrogen (secondary N) is 3. The maximum absolute atomic E-state index is 6.30. The zero-order valence-corrected chi connectivity index (χ0v) is 21.1. The molecule has 0 amide bonds. The van der Waals surface area contributed by atoms with Crippen LogP contribution in [0.2, 0.25) is 0 Å². The van der Waals surface area contributed by atoms with E-state index in [9.17, 15) is 0 Å². The van der Waals surface area contributed by atoms with Gasteiger partial charge >= 0.3 is 0 Å². The molecule has 1 aliphatic rings. The van der Waals surface area contributed by atoms with Gasteiger partial charge in [-0.25, -0.2) is 9.97 Å². The lowest BCUT2D eigenvalue weighted by molar-refractivity contribution is 0.212. The molecule has 178 valence electrons. The number of hydrogen-bond acceptors (Lipinski definition) is 8. The number of aromatic nitrogens is 4. The Balaban J connectivity index is 1.56. The highest BCUT2D eigenvalue weighted by molar-refractivity contribution is 8.00. The minimum absolute atomic E-state index is 0.0473. The van der Waals surface area contributed by atoms with Crippen molar-refractivity contribution in [2.24, 2.45) is 0 Å². The number of nitrogens with zero attached hydrogens (tertiary/aromatic N) is 4. The van der Waals surface area contributed by atoms with Gasteiger partial charge in [0.05, 0.1) is 17.0 Å². The third kappa shape index (κ3) is 6.16. The molecule has 1 aliphatic heterocycles. The van der Waals surface area contributed by atoms with Crippen molar-refractivity contribution in [3.63, 3.8) is 0 Å². The van der Waals surface area contributed by atoms with Gasteiger partial charge in [0, 0.05) is 60.2 Å². The van der Waals surface area contributed by atoms with E-state index in [1.165, 1.54) is 0 Å². The number of ether oxygens (including phenoxy) is 1. The van der Waals surface area contributed by atoms with Gasteiger partial charge in [0.15, 0.2) is 5.82 Å². The molecule has 0 bridgehead atoms. The highest BCUT2D eigenvalue weighted by Crippen LogP contribution is 2.41. The fourth-order valence-electron chi connectivity index (χ4n) is 3.81. The van der Waals surface area contributed by atoms with E-state index in [1.54, 1.807) is 18.1 Å². The molecule has 4 rings (SSSR count). The Bertz CT molecular complexity index is 1090. The lowest BCUT2D eigenvalue weighted by atomic mass is 10.2. The molecule has 1 aromatic carbocycles. The van der Waals surface area contributed by atoms with Gasteiger partial charge in [-0.05, 0) is 26.3 Å². The largest absolute Gasteiger partial charge is 0.492 e. The van der Waals surface area contributed by atoms with Crippen molar-refractivity contribution in [1.29, 1.82) is 0 Å². The Morgan fingerprint density at radius 3 is 2.61 bits per heavy atom. The molecule has 0 unspecified atom stereocenters. The summed E-state index contributed by atoms with van der Waals surface area (Å²) in [6.07, 6.45) is 2.59. The number of piperazine rings is 1. The fourth-order valence-corrected chi connectivity index (χ4v) is 4.86. The average molecular weight is 470 g/mol. The Kier molecular flexibility index (Phi) is 7.41. The molecule has 0 radical (unpaired) electrons. The highest BCUT2D eigenvalue weighted by Gasteiger charge is 2.19. The molecule has 3 aromatic rings. The van der Waals surface area contributed by atoms with Crippen LogP contribution in [0.5, 0.6) is 5.75 Å². The highest BCUT2D eigenvalue weighted by atomic mass is 32.2. The van der Waals surface area contributed by atoms with Gasteiger partial charge in [0.25, 0.3) is 0 Å².